The molecule has 54 heavy (non-hydrogen) atoms. The molecule has 3 aromatic rings. The molecule has 0 aliphatic carbocycles. The number of hydrogen-bond donors (Lipinski definition) is 1. The van der Waals surface area contributed by atoms with Gasteiger partial charge < -0.3 is 19.2 Å². The Morgan fingerprint density at radius 1 is 0.667 bits per heavy atom. The van der Waals surface area contributed by atoms with Crippen molar-refractivity contribution in [1.29, 1.82) is 0 Å². The summed E-state index contributed by atoms with van der Waals surface area (Å²) in [4.78, 5) is 13.6. The number of unbranched alkanes of at least 4 members (excludes halogenated alkanes) is 11. The minimum absolute atomic E-state index is 0.0334. The number of hydrogen-bond acceptors (Lipinski definition) is 4. The molecule has 0 unspecified atom stereocenters. The molecule has 0 aromatic heterocycles. The number of carbonyl (C=O) groups excluding carboxylic acids is 1. The summed E-state index contributed by atoms with van der Waals surface area (Å²) in [5, 5.41) is 3.20. The second-order valence-corrected chi connectivity index (χ2v) is 22.2. The highest BCUT2D eigenvalue weighted by molar-refractivity contribution is 6.74. The lowest BCUT2D eigenvalue weighted by Crippen LogP contribution is -2.54. The summed E-state index contributed by atoms with van der Waals surface area (Å²) in [5.74, 6) is 0. The summed E-state index contributed by atoms with van der Waals surface area (Å²) in [6.07, 6.45) is 19.0. The van der Waals surface area contributed by atoms with Crippen LogP contribution in [0.15, 0.2) is 103 Å². The third-order valence-electron chi connectivity index (χ3n) is 10.7. The SMILES string of the molecule is CCCCCCCCCCCCC/C=C\[C@@H](O[Si](C)(C)C(C)(C)C)[C@H](COC(c1ccccc1)(c1ccccc1)c1ccccc1)NC(=O)OC(C)(C)C. The second-order valence-electron chi connectivity index (χ2n) is 17.4. The van der Waals surface area contributed by atoms with E-state index in [1.54, 1.807) is 0 Å². The number of ether oxygens (including phenoxy) is 2. The Balaban J connectivity index is 1.93. The molecule has 0 spiro atoms. The Labute approximate surface area is 330 Å². The lowest BCUT2D eigenvalue weighted by molar-refractivity contribution is -0.0188. The summed E-state index contributed by atoms with van der Waals surface area (Å²) in [7, 11) is -2.30. The fourth-order valence-corrected chi connectivity index (χ4v) is 7.87. The summed E-state index contributed by atoms with van der Waals surface area (Å²) in [6, 6.07) is 30.6. The maximum absolute atomic E-state index is 13.6. The molecular weight excluding hydrogens is 683 g/mol. The van der Waals surface area contributed by atoms with Crippen LogP contribution in [0, 0.1) is 0 Å². The van der Waals surface area contributed by atoms with Crippen LogP contribution in [-0.4, -0.2) is 38.8 Å². The van der Waals surface area contributed by atoms with E-state index in [2.05, 4.69) is 131 Å². The van der Waals surface area contributed by atoms with Gasteiger partial charge in [-0.25, -0.2) is 4.79 Å². The van der Waals surface area contributed by atoms with E-state index in [1.165, 1.54) is 64.2 Å². The normalized spacial score (nSPS) is 13.9. The minimum atomic E-state index is -2.30. The van der Waals surface area contributed by atoms with Gasteiger partial charge in [-0.15, -0.1) is 0 Å². The Bertz CT molecular complexity index is 1380. The van der Waals surface area contributed by atoms with Crippen LogP contribution in [0.3, 0.4) is 0 Å². The van der Waals surface area contributed by atoms with Gasteiger partial charge in [-0.05, 0) is 68.4 Å². The number of nitrogens with one attached hydrogen (secondary N) is 1. The Hall–Kier alpha value is -3.19. The van der Waals surface area contributed by atoms with Gasteiger partial charge in [0.2, 0.25) is 0 Å². The van der Waals surface area contributed by atoms with Crippen LogP contribution in [0.5, 0.6) is 0 Å². The van der Waals surface area contributed by atoms with Crippen molar-refractivity contribution >= 4 is 14.4 Å². The van der Waals surface area contributed by atoms with Crippen molar-refractivity contribution in [3.8, 4) is 0 Å². The molecule has 1 amide bonds. The molecule has 0 aliphatic heterocycles. The number of allylic oxidation sites excluding steroid dienone is 1. The van der Waals surface area contributed by atoms with Crippen molar-refractivity contribution in [2.24, 2.45) is 0 Å². The quantitative estimate of drug-likeness (QED) is 0.0453. The third kappa shape index (κ3) is 14.8. The summed E-state index contributed by atoms with van der Waals surface area (Å²) in [5.41, 5.74) is 1.42. The molecule has 0 saturated carbocycles. The Kier molecular flexibility index (Phi) is 18.7. The van der Waals surface area contributed by atoms with E-state index >= 15 is 0 Å². The zero-order valence-electron chi connectivity index (χ0n) is 35.3. The maximum Gasteiger partial charge on any atom is 0.408 e. The van der Waals surface area contributed by atoms with Crippen molar-refractivity contribution in [2.75, 3.05) is 6.61 Å². The van der Waals surface area contributed by atoms with Crippen LogP contribution >= 0.6 is 0 Å². The fourth-order valence-electron chi connectivity index (χ4n) is 6.59. The fraction of sp³-hybridized carbons (Fsp3) is 0.562. The zero-order chi connectivity index (χ0) is 39.5. The van der Waals surface area contributed by atoms with Crippen LogP contribution in [-0.2, 0) is 19.5 Å². The first-order chi connectivity index (χ1) is 25.7. The van der Waals surface area contributed by atoms with Crippen molar-refractivity contribution in [2.45, 2.75) is 167 Å². The summed E-state index contributed by atoms with van der Waals surface area (Å²) < 4.78 is 20.3. The van der Waals surface area contributed by atoms with Gasteiger partial charge in [0.15, 0.2) is 8.32 Å². The van der Waals surface area contributed by atoms with E-state index in [4.69, 9.17) is 13.9 Å². The van der Waals surface area contributed by atoms with Gasteiger partial charge in [0, 0.05) is 0 Å². The van der Waals surface area contributed by atoms with E-state index in [0.29, 0.717) is 0 Å². The lowest BCUT2D eigenvalue weighted by Gasteiger charge is -2.42. The molecule has 3 aromatic carbocycles. The molecule has 3 rings (SSSR count). The van der Waals surface area contributed by atoms with Gasteiger partial charge in [0.25, 0.3) is 0 Å². The highest BCUT2D eigenvalue weighted by atomic mass is 28.4. The number of carbonyl (C=O) groups is 1. The highest BCUT2D eigenvalue weighted by Gasteiger charge is 2.43. The van der Waals surface area contributed by atoms with Crippen LogP contribution < -0.4 is 5.32 Å². The zero-order valence-corrected chi connectivity index (χ0v) is 36.3. The van der Waals surface area contributed by atoms with Crippen LogP contribution in [0.1, 0.15) is 142 Å². The van der Waals surface area contributed by atoms with Gasteiger partial charge in [-0.2, -0.15) is 0 Å². The van der Waals surface area contributed by atoms with Crippen molar-refractivity contribution in [3.05, 3.63) is 120 Å². The molecule has 0 heterocycles. The molecular formula is C48H73NO4Si. The molecule has 0 aliphatic rings. The van der Waals surface area contributed by atoms with Crippen LogP contribution in [0.4, 0.5) is 4.79 Å². The highest BCUT2D eigenvalue weighted by Crippen LogP contribution is 2.41. The number of benzene rings is 3. The number of rotatable bonds is 23. The molecule has 5 nitrogen and oxygen atoms in total. The monoisotopic (exact) mass is 756 g/mol. The van der Waals surface area contributed by atoms with Crippen molar-refractivity contribution in [3.63, 3.8) is 0 Å². The van der Waals surface area contributed by atoms with Crippen molar-refractivity contribution in [1.82, 2.24) is 5.32 Å². The lowest BCUT2D eigenvalue weighted by atomic mass is 9.80. The van der Waals surface area contributed by atoms with Crippen LogP contribution in [0.25, 0.3) is 0 Å². The molecule has 0 bridgehead atoms. The molecule has 0 saturated heterocycles. The first-order valence-electron chi connectivity index (χ1n) is 20.8. The topological polar surface area (TPSA) is 56.8 Å². The van der Waals surface area contributed by atoms with E-state index in [9.17, 15) is 4.79 Å². The van der Waals surface area contributed by atoms with Gasteiger partial charge in [-0.1, -0.05) is 195 Å². The molecule has 2 atom stereocenters. The van der Waals surface area contributed by atoms with Gasteiger partial charge in [0.05, 0.1) is 18.8 Å². The molecule has 6 heteroatoms. The maximum atomic E-state index is 13.6. The number of amides is 1. The first-order valence-corrected chi connectivity index (χ1v) is 23.7. The first kappa shape index (κ1) is 45.2. The summed E-state index contributed by atoms with van der Waals surface area (Å²) in [6.45, 7) is 19.4. The largest absolute Gasteiger partial charge is 0.444 e. The van der Waals surface area contributed by atoms with Gasteiger partial charge >= 0.3 is 6.09 Å². The summed E-state index contributed by atoms with van der Waals surface area (Å²) >= 11 is 0. The minimum Gasteiger partial charge on any atom is -0.444 e. The average molecular weight is 756 g/mol. The Morgan fingerprint density at radius 2 is 1.09 bits per heavy atom. The van der Waals surface area contributed by atoms with E-state index < -0.39 is 37.8 Å². The molecule has 0 radical (unpaired) electrons. The van der Waals surface area contributed by atoms with E-state index in [0.717, 1.165) is 29.5 Å². The third-order valence-corrected chi connectivity index (χ3v) is 15.1. The van der Waals surface area contributed by atoms with Gasteiger partial charge in [-0.3, -0.25) is 0 Å². The van der Waals surface area contributed by atoms with Crippen molar-refractivity contribution < 1.29 is 18.7 Å². The average Bonchev–Trinajstić information content (AvgIpc) is 3.13. The second kappa shape index (κ2) is 22.4. The predicted octanol–water partition coefficient (Wildman–Crippen LogP) is 13.5. The smallest absolute Gasteiger partial charge is 0.408 e. The number of alkyl carbamates (subject to hydrolysis) is 1. The predicted molar refractivity (Wildman–Crippen MR) is 231 cm³/mol. The molecule has 298 valence electrons. The standard InChI is InChI=1S/C48H73NO4Si/c1-10-11-12-13-14-15-16-17-18-19-20-21-31-38-44(53-54(8,9)47(5,6)7)43(49-45(50)52-46(2,3)4)39-51-48(40-32-25-22-26-33-40,41-34-27-23-28-35-41)42-36-29-24-30-37-42/h22-38,43-44H,10-21,39H2,1-9H3,(H,49,50)/b38-31-/t43-,44+/m0/s1. The molecule has 1 N–H and O–H groups in total. The Morgan fingerprint density at radius 3 is 1.50 bits per heavy atom. The van der Waals surface area contributed by atoms with E-state index in [1.807, 2.05) is 39.0 Å². The van der Waals surface area contributed by atoms with Gasteiger partial charge in [0.1, 0.15) is 11.2 Å². The molecule has 0 fully saturated rings. The van der Waals surface area contributed by atoms with E-state index in [-0.39, 0.29) is 11.6 Å². The van der Waals surface area contributed by atoms with Crippen LogP contribution in [0.2, 0.25) is 18.1 Å².